The van der Waals surface area contributed by atoms with E-state index >= 15 is 0 Å². The number of thioether (sulfide) groups is 1. The summed E-state index contributed by atoms with van der Waals surface area (Å²) >= 11 is 7.47. The minimum atomic E-state index is -0.293. The Bertz CT molecular complexity index is 1360. The maximum Gasteiger partial charge on any atom is 0.266 e. The van der Waals surface area contributed by atoms with E-state index in [1.807, 2.05) is 32.9 Å². The second-order valence-electron chi connectivity index (χ2n) is 7.54. The minimum Gasteiger partial charge on any atom is -0.338 e. The van der Waals surface area contributed by atoms with Crippen LogP contribution in [0.25, 0.3) is 16.6 Å². The molecule has 2 aromatic heterocycles. The average Bonchev–Trinajstić information content (AvgIpc) is 3.24. The molecule has 4 aromatic rings. The van der Waals surface area contributed by atoms with E-state index in [4.69, 9.17) is 16.1 Å². The van der Waals surface area contributed by atoms with Gasteiger partial charge in [-0.15, -0.1) is 0 Å². The van der Waals surface area contributed by atoms with E-state index in [-0.39, 0.29) is 29.0 Å². The Morgan fingerprint density at radius 3 is 2.75 bits per heavy atom. The molecular formula is C23H21ClN4O3S. The number of carbonyl (C=O) groups excluding carboxylic acids is 1. The van der Waals surface area contributed by atoms with Gasteiger partial charge >= 0.3 is 0 Å². The van der Waals surface area contributed by atoms with Gasteiger partial charge in [0.05, 0.1) is 28.0 Å². The van der Waals surface area contributed by atoms with Gasteiger partial charge in [-0.1, -0.05) is 60.6 Å². The van der Waals surface area contributed by atoms with Crippen molar-refractivity contribution in [2.75, 3.05) is 11.1 Å². The first-order chi connectivity index (χ1) is 15.3. The molecule has 1 N–H and O–H groups in total. The molecule has 1 amide bonds. The first-order valence-electron chi connectivity index (χ1n) is 10.0. The highest BCUT2D eigenvalue weighted by atomic mass is 35.5. The van der Waals surface area contributed by atoms with Crippen LogP contribution < -0.4 is 10.9 Å². The predicted octanol–water partition coefficient (Wildman–Crippen LogP) is 5.19. The molecule has 0 fully saturated rings. The van der Waals surface area contributed by atoms with Crippen molar-refractivity contribution in [1.82, 2.24) is 14.7 Å². The van der Waals surface area contributed by atoms with Gasteiger partial charge in [-0.05, 0) is 42.7 Å². The lowest BCUT2D eigenvalue weighted by atomic mass is 10.1. The zero-order valence-corrected chi connectivity index (χ0v) is 19.3. The number of fused-ring (bicyclic) bond motifs is 1. The number of hydrogen-bond acceptors (Lipinski definition) is 6. The fraction of sp³-hybridized carbons (Fsp3) is 0.217. The van der Waals surface area contributed by atoms with Gasteiger partial charge in [-0.3, -0.25) is 19.5 Å². The summed E-state index contributed by atoms with van der Waals surface area (Å²) in [4.78, 5) is 30.5. The molecule has 2 aromatic carbocycles. The van der Waals surface area contributed by atoms with Crippen molar-refractivity contribution in [3.05, 3.63) is 75.2 Å². The standard InChI is InChI=1S/C23H21ClN4O3S/c1-13(2)18-11-21(31-27-18)26-20(29)12-32-23-25-17-9-5-4-7-15(17)22(30)28(23)19-10-6-8-16(24)14(19)3/h4-11,13H,12H2,1-3H3,(H,26,29). The van der Waals surface area contributed by atoms with Crippen molar-refractivity contribution in [2.45, 2.75) is 31.8 Å². The Labute approximate surface area is 193 Å². The van der Waals surface area contributed by atoms with Crippen LogP contribution in [0.2, 0.25) is 5.02 Å². The van der Waals surface area contributed by atoms with Gasteiger partial charge in [0.25, 0.3) is 5.56 Å². The zero-order valence-electron chi connectivity index (χ0n) is 17.8. The highest BCUT2D eigenvalue weighted by Gasteiger charge is 2.18. The van der Waals surface area contributed by atoms with E-state index in [0.717, 1.165) is 23.0 Å². The molecule has 0 spiro atoms. The number of halogens is 1. The van der Waals surface area contributed by atoms with Crippen LogP contribution in [0.5, 0.6) is 0 Å². The Kier molecular flexibility index (Phi) is 6.34. The third-order valence-electron chi connectivity index (χ3n) is 4.94. The number of nitrogens with zero attached hydrogens (tertiary/aromatic N) is 3. The monoisotopic (exact) mass is 468 g/mol. The lowest BCUT2D eigenvalue weighted by Crippen LogP contribution is -2.23. The van der Waals surface area contributed by atoms with Gasteiger partial charge in [-0.2, -0.15) is 0 Å². The number of nitrogens with one attached hydrogen (secondary N) is 1. The highest BCUT2D eigenvalue weighted by Crippen LogP contribution is 2.27. The van der Waals surface area contributed by atoms with Crippen molar-refractivity contribution >= 4 is 46.1 Å². The van der Waals surface area contributed by atoms with E-state index in [1.54, 1.807) is 36.4 Å². The summed E-state index contributed by atoms with van der Waals surface area (Å²) < 4.78 is 6.68. The quantitative estimate of drug-likeness (QED) is 0.309. The van der Waals surface area contributed by atoms with E-state index in [9.17, 15) is 9.59 Å². The third-order valence-corrected chi connectivity index (χ3v) is 6.29. The molecule has 7 nitrogen and oxygen atoms in total. The number of anilines is 1. The first-order valence-corrected chi connectivity index (χ1v) is 11.4. The van der Waals surface area contributed by atoms with E-state index < -0.39 is 0 Å². The number of hydrogen-bond donors (Lipinski definition) is 1. The largest absolute Gasteiger partial charge is 0.338 e. The number of rotatable bonds is 6. The second kappa shape index (κ2) is 9.18. The summed E-state index contributed by atoms with van der Waals surface area (Å²) in [5, 5.41) is 8.06. The number of para-hydroxylation sites is 1. The Hall–Kier alpha value is -3.10. The van der Waals surface area contributed by atoms with E-state index in [2.05, 4.69) is 15.5 Å². The molecule has 0 aliphatic rings. The topological polar surface area (TPSA) is 90.0 Å². The molecule has 32 heavy (non-hydrogen) atoms. The van der Waals surface area contributed by atoms with Crippen LogP contribution in [-0.4, -0.2) is 26.4 Å². The normalized spacial score (nSPS) is 11.3. The molecule has 4 rings (SSSR count). The molecule has 0 saturated heterocycles. The van der Waals surface area contributed by atoms with E-state index in [1.165, 1.54) is 4.57 Å². The molecule has 0 unspecified atom stereocenters. The third kappa shape index (κ3) is 4.42. The van der Waals surface area contributed by atoms with Crippen molar-refractivity contribution in [1.29, 1.82) is 0 Å². The van der Waals surface area contributed by atoms with Crippen LogP contribution in [0.1, 0.15) is 31.0 Å². The van der Waals surface area contributed by atoms with Gasteiger partial charge in [0.1, 0.15) is 0 Å². The molecule has 0 aliphatic heterocycles. The molecule has 0 bridgehead atoms. The minimum absolute atomic E-state index is 0.0299. The molecule has 0 radical (unpaired) electrons. The van der Waals surface area contributed by atoms with Crippen molar-refractivity contribution in [3.63, 3.8) is 0 Å². The van der Waals surface area contributed by atoms with Crippen LogP contribution >= 0.6 is 23.4 Å². The summed E-state index contributed by atoms with van der Waals surface area (Å²) in [6.07, 6.45) is 0. The van der Waals surface area contributed by atoms with E-state index in [0.29, 0.717) is 26.8 Å². The highest BCUT2D eigenvalue weighted by molar-refractivity contribution is 7.99. The smallest absolute Gasteiger partial charge is 0.266 e. The summed E-state index contributed by atoms with van der Waals surface area (Å²) in [5.41, 5.74) is 2.48. The summed E-state index contributed by atoms with van der Waals surface area (Å²) in [7, 11) is 0. The lowest BCUT2D eigenvalue weighted by Gasteiger charge is -2.15. The summed E-state index contributed by atoms with van der Waals surface area (Å²) in [6.45, 7) is 5.82. The molecule has 0 aliphatic carbocycles. The molecule has 9 heteroatoms. The zero-order chi connectivity index (χ0) is 22.8. The fourth-order valence-electron chi connectivity index (χ4n) is 3.18. The van der Waals surface area contributed by atoms with Crippen molar-refractivity contribution in [3.8, 4) is 5.69 Å². The first kappa shape index (κ1) is 22.1. The second-order valence-corrected chi connectivity index (χ2v) is 8.89. The number of aromatic nitrogens is 3. The molecule has 2 heterocycles. The molecule has 0 atom stereocenters. The SMILES string of the molecule is Cc1c(Cl)cccc1-n1c(SCC(=O)Nc2cc(C(C)C)no2)nc2ccccc2c1=O. The maximum atomic E-state index is 13.4. The van der Waals surface area contributed by atoms with Crippen LogP contribution in [0.3, 0.4) is 0 Å². The molecular weight excluding hydrogens is 448 g/mol. The lowest BCUT2D eigenvalue weighted by molar-refractivity contribution is -0.113. The van der Waals surface area contributed by atoms with Crippen LogP contribution in [-0.2, 0) is 4.79 Å². The van der Waals surface area contributed by atoms with Gasteiger partial charge < -0.3 is 4.52 Å². The van der Waals surface area contributed by atoms with Gasteiger partial charge in [0, 0.05) is 11.1 Å². The summed E-state index contributed by atoms with van der Waals surface area (Å²) in [6, 6.07) is 14.2. The molecule has 164 valence electrons. The maximum absolute atomic E-state index is 13.4. The van der Waals surface area contributed by atoms with Gasteiger partial charge in [0.2, 0.25) is 11.8 Å². The van der Waals surface area contributed by atoms with Crippen LogP contribution in [0, 0.1) is 6.92 Å². The Morgan fingerprint density at radius 1 is 1.22 bits per heavy atom. The Balaban J connectivity index is 1.67. The van der Waals surface area contributed by atoms with Crippen molar-refractivity contribution < 1.29 is 9.32 Å². The average molecular weight is 469 g/mol. The number of amides is 1. The van der Waals surface area contributed by atoms with Crippen LogP contribution in [0.4, 0.5) is 5.88 Å². The summed E-state index contributed by atoms with van der Waals surface area (Å²) in [5.74, 6) is 0.213. The number of carbonyl (C=O) groups is 1. The van der Waals surface area contributed by atoms with Gasteiger partial charge in [0.15, 0.2) is 5.16 Å². The van der Waals surface area contributed by atoms with Gasteiger partial charge in [-0.25, -0.2) is 4.98 Å². The van der Waals surface area contributed by atoms with Crippen LogP contribution in [0.15, 0.2) is 63.0 Å². The fourth-order valence-corrected chi connectivity index (χ4v) is 4.16. The predicted molar refractivity (Wildman–Crippen MR) is 127 cm³/mol. The molecule has 0 saturated carbocycles. The Morgan fingerprint density at radius 2 is 2.00 bits per heavy atom. The van der Waals surface area contributed by atoms with Crippen molar-refractivity contribution in [2.24, 2.45) is 0 Å². The number of benzene rings is 2.